The second kappa shape index (κ2) is 5.76. The zero-order valence-corrected chi connectivity index (χ0v) is 12.0. The summed E-state index contributed by atoms with van der Waals surface area (Å²) in [7, 11) is 0. The molecule has 0 spiro atoms. The molecule has 0 radical (unpaired) electrons. The molecule has 7 heteroatoms. The average Bonchev–Trinajstić information content (AvgIpc) is 2.83. The van der Waals surface area contributed by atoms with Gasteiger partial charge in [-0.1, -0.05) is 0 Å². The van der Waals surface area contributed by atoms with Crippen molar-refractivity contribution in [3.63, 3.8) is 0 Å². The fourth-order valence-corrected chi connectivity index (χ4v) is 1.94. The van der Waals surface area contributed by atoms with Gasteiger partial charge in [-0.05, 0) is 26.0 Å². The molecule has 1 aromatic carbocycles. The zero-order valence-electron chi connectivity index (χ0n) is 12.0. The topological polar surface area (TPSA) is 82.7 Å². The molecule has 0 aliphatic carbocycles. The summed E-state index contributed by atoms with van der Waals surface area (Å²) in [6.07, 6.45) is 0. The Hall–Kier alpha value is -2.41. The smallest absolute Gasteiger partial charge is 0.258 e. The highest BCUT2D eigenvalue weighted by atomic mass is 19.1. The lowest BCUT2D eigenvalue weighted by atomic mass is 10.0. The minimum atomic E-state index is -1.52. The van der Waals surface area contributed by atoms with Crippen molar-refractivity contribution in [3.8, 4) is 5.75 Å². The van der Waals surface area contributed by atoms with Gasteiger partial charge in [0, 0.05) is 12.1 Å². The van der Waals surface area contributed by atoms with Crippen LogP contribution in [0.15, 0.2) is 28.7 Å². The first kappa shape index (κ1) is 16.0. The summed E-state index contributed by atoms with van der Waals surface area (Å²) < 4.78 is 31.7. The van der Waals surface area contributed by atoms with E-state index in [4.69, 9.17) is 4.42 Å². The number of halogens is 2. The molecule has 0 bridgehead atoms. The van der Waals surface area contributed by atoms with Gasteiger partial charge < -0.3 is 19.9 Å². The van der Waals surface area contributed by atoms with Crippen molar-refractivity contribution in [2.75, 3.05) is 6.54 Å². The molecule has 1 heterocycles. The number of phenols is 1. The first-order chi connectivity index (χ1) is 10.2. The molecule has 1 unspecified atom stereocenters. The molecule has 2 rings (SSSR count). The van der Waals surface area contributed by atoms with Crippen molar-refractivity contribution < 1.29 is 28.2 Å². The first-order valence-corrected chi connectivity index (χ1v) is 6.46. The summed E-state index contributed by atoms with van der Waals surface area (Å²) in [4.78, 5) is 11.9. The van der Waals surface area contributed by atoms with Crippen molar-refractivity contribution >= 4 is 5.91 Å². The number of hydrogen-bond donors (Lipinski definition) is 3. The number of carbonyl (C=O) groups is 1. The maximum atomic E-state index is 13.6. The van der Waals surface area contributed by atoms with Crippen LogP contribution in [-0.2, 0) is 5.60 Å². The molecule has 2 aromatic rings. The van der Waals surface area contributed by atoms with Crippen LogP contribution in [0.5, 0.6) is 5.75 Å². The number of rotatable bonds is 4. The van der Waals surface area contributed by atoms with Crippen LogP contribution in [0.3, 0.4) is 0 Å². The van der Waals surface area contributed by atoms with E-state index in [0.717, 1.165) is 0 Å². The predicted molar refractivity (Wildman–Crippen MR) is 73.4 cm³/mol. The van der Waals surface area contributed by atoms with Gasteiger partial charge >= 0.3 is 0 Å². The number of aliphatic hydroxyl groups is 1. The maximum Gasteiger partial charge on any atom is 0.258 e. The van der Waals surface area contributed by atoms with E-state index in [1.54, 1.807) is 19.1 Å². The van der Waals surface area contributed by atoms with Crippen LogP contribution in [0.1, 0.15) is 28.8 Å². The number of aromatic hydroxyl groups is 1. The Morgan fingerprint density at radius 2 is 2.05 bits per heavy atom. The summed E-state index contributed by atoms with van der Waals surface area (Å²) in [6.45, 7) is 2.82. The van der Waals surface area contributed by atoms with Gasteiger partial charge in [-0.25, -0.2) is 8.78 Å². The highest BCUT2D eigenvalue weighted by Gasteiger charge is 2.28. The van der Waals surface area contributed by atoms with Crippen molar-refractivity contribution in [2.45, 2.75) is 19.4 Å². The molecule has 118 valence electrons. The molecule has 0 aliphatic rings. The van der Waals surface area contributed by atoms with E-state index in [2.05, 4.69) is 5.32 Å². The van der Waals surface area contributed by atoms with Crippen LogP contribution in [-0.4, -0.2) is 22.7 Å². The maximum absolute atomic E-state index is 13.6. The molecular weight excluding hydrogens is 296 g/mol. The lowest BCUT2D eigenvalue weighted by Gasteiger charge is -2.21. The number of aryl methyl sites for hydroxylation is 1. The fourth-order valence-electron chi connectivity index (χ4n) is 1.94. The van der Waals surface area contributed by atoms with Crippen LogP contribution in [0.4, 0.5) is 8.78 Å². The normalized spacial score (nSPS) is 13.7. The number of hydrogen-bond acceptors (Lipinski definition) is 4. The Bertz CT molecular complexity index is 686. The standard InChI is InChI=1S/C15H15F2NO4/c1-8-3-4-12(22-8)15(2,21)7-18-14(20)13-10(17)5-9(16)6-11(13)19/h3-6,19,21H,7H2,1-2H3,(H,18,20). The molecule has 5 nitrogen and oxygen atoms in total. The largest absolute Gasteiger partial charge is 0.507 e. The highest BCUT2D eigenvalue weighted by Crippen LogP contribution is 2.24. The molecule has 1 atom stereocenters. The Kier molecular flexibility index (Phi) is 4.18. The Morgan fingerprint density at radius 3 is 2.59 bits per heavy atom. The third-order valence-electron chi connectivity index (χ3n) is 3.13. The molecule has 0 aliphatic heterocycles. The number of benzene rings is 1. The quantitative estimate of drug-likeness (QED) is 0.808. The molecule has 0 saturated carbocycles. The number of furan rings is 1. The van der Waals surface area contributed by atoms with Crippen molar-refractivity contribution in [1.29, 1.82) is 0 Å². The average molecular weight is 311 g/mol. The minimum absolute atomic E-state index is 0.231. The first-order valence-electron chi connectivity index (χ1n) is 6.46. The number of phenolic OH excluding ortho intramolecular Hbond substituents is 1. The molecule has 1 aromatic heterocycles. The summed E-state index contributed by atoms with van der Waals surface area (Å²) >= 11 is 0. The highest BCUT2D eigenvalue weighted by molar-refractivity contribution is 5.97. The van der Waals surface area contributed by atoms with Gasteiger partial charge in [-0.2, -0.15) is 0 Å². The van der Waals surface area contributed by atoms with Gasteiger partial charge in [-0.3, -0.25) is 4.79 Å². The Labute approximate surface area is 125 Å². The van der Waals surface area contributed by atoms with Gasteiger partial charge in [0.25, 0.3) is 5.91 Å². The summed E-state index contributed by atoms with van der Waals surface area (Å²) in [6, 6.07) is 4.32. The summed E-state index contributed by atoms with van der Waals surface area (Å²) in [5.41, 5.74) is -2.21. The van der Waals surface area contributed by atoms with Crippen LogP contribution < -0.4 is 5.32 Å². The summed E-state index contributed by atoms with van der Waals surface area (Å²) in [5.74, 6) is -3.16. The second-order valence-corrected chi connectivity index (χ2v) is 5.15. The SMILES string of the molecule is Cc1ccc(C(C)(O)CNC(=O)c2c(O)cc(F)cc2F)o1. The molecule has 22 heavy (non-hydrogen) atoms. The fraction of sp³-hybridized carbons (Fsp3) is 0.267. The van der Waals surface area contributed by atoms with Crippen molar-refractivity contribution in [2.24, 2.45) is 0 Å². The van der Waals surface area contributed by atoms with E-state index in [9.17, 15) is 23.8 Å². The molecule has 0 saturated heterocycles. The predicted octanol–water partition coefficient (Wildman–Crippen LogP) is 2.21. The Balaban J connectivity index is 2.13. The van der Waals surface area contributed by atoms with E-state index in [1.807, 2.05) is 0 Å². The second-order valence-electron chi connectivity index (χ2n) is 5.15. The van der Waals surface area contributed by atoms with Gasteiger partial charge in [0.1, 0.15) is 40.1 Å². The van der Waals surface area contributed by atoms with E-state index >= 15 is 0 Å². The third kappa shape index (κ3) is 3.25. The van der Waals surface area contributed by atoms with Gasteiger partial charge in [0.05, 0.1) is 6.54 Å². The van der Waals surface area contributed by atoms with E-state index in [0.29, 0.717) is 17.9 Å². The third-order valence-corrected chi connectivity index (χ3v) is 3.13. The van der Waals surface area contributed by atoms with Crippen LogP contribution in [0.25, 0.3) is 0 Å². The molecule has 1 amide bonds. The van der Waals surface area contributed by atoms with Gasteiger partial charge in [-0.15, -0.1) is 0 Å². The molecule has 0 fully saturated rings. The van der Waals surface area contributed by atoms with Gasteiger partial charge in [0.2, 0.25) is 0 Å². The Morgan fingerprint density at radius 1 is 1.36 bits per heavy atom. The van der Waals surface area contributed by atoms with E-state index < -0.39 is 34.5 Å². The number of amides is 1. The minimum Gasteiger partial charge on any atom is -0.507 e. The van der Waals surface area contributed by atoms with E-state index in [1.165, 1.54) is 6.92 Å². The molecular formula is C15H15F2NO4. The number of nitrogens with one attached hydrogen (secondary N) is 1. The monoisotopic (exact) mass is 311 g/mol. The molecule has 3 N–H and O–H groups in total. The van der Waals surface area contributed by atoms with Crippen LogP contribution >= 0.6 is 0 Å². The van der Waals surface area contributed by atoms with Gasteiger partial charge in [0.15, 0.2) is 0 Å². The summed E-state index contributed by atoms with van der Waals surface area (Å²) in [5, 5.41) is 22.0. The zero-order chi connectivity index (χ0) is 16.5. The van der Waals surface area contributed by atoms with Crippen LogP contribution in [0, 0.1) is 18.6 Å². The lowest BCUT2D eigenvalue weighted by Crippen LogP contribution is -2.38. The van der Waals surface area contributed by atoms with E-state index in [-0.39, 0.29) is 12.3 Å². The van der Waals surface area contributed by atoms with Crippen molar-refractivity contribution in [3.05, 3.63) is 53.0 Å². The number of carbonyl (C=O) groups excluding carboxylic acids is 1. The van der Waals surface area contributed by atoms with Crippen molar-refractivity contribution in [1.82, 2.24) is 5.32 Å². The van der Waals surface area contributed by atoms with Crippen LogP contribution in [0.2, 0.25) is 0 Å². The lowest BCUT2D eigenvalue weighted by molar-refractivity contribution is 0.0322.